The number of nitrogens with zero attached hydrogens (tertiary/aromatic N) is 5. The van der Waals surface area contributed by atoms with E-state index in [-0.39, 0.29) is 17.7 Å². The largest absolute Gasteiger partial charge is 0.362 e. The number of pyridine rings is 1. The molecule has 0 atom stereocenters. The summed E-state index contributed by atoms with van der Waals surface area (Å²) in [4.78, 5) is 35.6. The molecule has 0 aliphatic rings. The third-order valence-electron chi connectivity index (χ3n) is 4.77. The van der Waals surface area contributed by atoms with Crippen molar-refractivity contribution in [1.29, 1.82) is 0 Å². The highest BCUT2D eigenvalue weighted by Crippen LogP contribution is 2.22. The van der Waals surface area contributed by atoms with Gasteiger partial charge in [-0.3, -0.25) is 14.7 Å². The Hall–Kier alpha value is -4.45. The third-order valence-corrected chi connectivity index (χ3v) is 4.77. The molecule has 9 heteroatoms. The minimum atomic E-state index is -0.468. The summed E-state index contributed by atoms with van der Waals surface area (Å²) < 4.78 is 1.45. The zero-order valence-electron chi connectivity index (χ0n) is 17.7. The smallest absolute Gasteiger partial charge is 0.263 e. The predicted octanol–water partition coefficient (Wildman–Crippen LogP) is 1.41. The predicted molar refractivity (Wildman–Crippen MR) is 121 cm³/mol. The number of fused-ring (bicyclic) bond motifs is 1. The SMILES string of the molecule is CN(C)c1ncnc2ccc(C#CCNC(=O)c3cccn(Cc4ccn[nH]4)c3=O)cc12. The number of carbonyl (C=O) groups is 1. The summed E-state index contributed by atoms with van der Waals surface area (Å²) in [5.41, 5.74) is 2.07. The fraction of sp³-hybridized carbons (Fsp3) is 0.174. The van der Waals surface area contributed by atoms with Gasteiger partial charge in [0.05, 0.1) is 24.3 Å². The average Bonchev–Trinajstić information content (AvgIpc) is 3.30. The first-order chi connectivity index (χ1) is 15.5. The number of aromatic amines is 1. The summed E-state index contributed by atoms with van der Waals surface area (Å²) in [6.07, 6.45) is 4.77. The topological polar surface area (TPSA) is 109 Å². The summed E-state index contributed by atoms with van der Waals surface area (Å²) in [7, 11) is 3.84. The number of nitrogens with one attached hydrogen (secondary N) is 2. The molecule has 1 amide bonds. The number of rotatable bonds is 5. The van der Waals surface area contributed by atoms with Crippen molar-refractivity contribution in [1.82, 2.24) is 30.0 Å². The van der Waals surface area contributed by atoms with E-state index in [1.54, 1.807) is 24.5 Å². The van der Waals surface area contributed by atoms with Crippen molar-refractivity contribution in [3.8, 4) is 11.8 Å². The molecule has 32 heavy (non-hydrogen) atoms. The van der Waals surface area contributed by atoms with Crippen molar-refractivity contribution in [2.45, 2.75) is 6.54 Å². The van der Waals surface area contributed by atoms with E-state index in [2.05, 4.69) is 37.3 Å². The Bertz CT molecular complexity index is 1380. The molecule has 0 saturated heterocycles. The molecule has 0 radical (unpaired) electrons. The van der Waals surface area contributed by atoms with Gasteiger partial charge in [-0.15, -0.1) is 0 Å². The van der Waals surface area contributed by atoms with Crippen molar-refractivity contribution in [2.24, 2.45) is 0 Å². The summed E-state index contributed by atoms with van der Waals surface area (Å²) in [5.74, 6) is 6.30. The molecule has 4 rings (SSSR count). The van der Waals surface area contributed by atoms with Gasteiger partial charge >= 0.3 is 0 Å². The molecule has 3 aromatic heterocycles. The van der Waals surface area contributed by atoms with Crippen molar-refractivity contribution in [3.05, 3.63) is 82.3 Å². The minimum absolute atomic E-state index is 0.0623. The van der Waals surface area contributed by atoms with Crippen LogP contribution in [0.4, 0.5) is 5.82 Å². The lowest BCUT2D eigenvalue weighted by Crippen LogP contribution is -2.33. The maximum Gasteiger partial charge on any atom is 0.263 e. The quantitative estimate of drug-likeness (QED) is 0.466. The molecule has 0 aliphatic carbocycles. The van der Waals surface area contributed by atoms with E-state index in [9.17, 15) is 9.59 Å². The number of benzene rings is 1. The lowest BCUT2D eigenvalue weighted by molar-refractivity contribution is 0.0956. The number of aromatic nitrogens is 5. The Labute approximate surface area is 184 Å². The van der Waals surface area contributed by atoms with Gasteiger partial charge in [-0.2, -0.15) is 5.10 Å². The average molecular weight is 427 g/mol. The number of H-pyrrole nitrogens is 1. The second-order valence-corrected chi connectivity index (χ2v) is 7.24. The molecular weight excluding hydrogens is 406 g/mol. The second kappa shape index (κ2) is 9.14. The Morgan fingerprint density at radius 3 is 2.88 bits per heavy atom. The first-order valence-electron chi connectivity index (χ1n) is 9.90. The Morgan fingerprint density at radius 1 is 1.22 bits per heavy atom. The third kappa shape index (κ3) is 4.49. The normalized spacial score (nSPS) is 10.4. The van der Waals surface area contributed by atoms with Crippen molar-refractivity contribution in [2.75, 3.05) is 25.5 Å². The molecule has 0 saturated carbocycles. The molecular formula is C23H21N7O2. The lowest BCUT2D eigenvalue weighted by Gasteiger charge is -2.13. The van der Waals surface area contributed by atoms with Crippen molar-refractivity contribution >= 4 is 22.6 Å². The number of amides is 1. The number of hydrogen-bond acceptors (Lipinski definition) is 6. The van der Waals surface area contributed by atoms with Gasteiger partial charge < -0.3 is 14.8 Å². The van der Waals surface area contributed by atoms with Gasteiger partial charge in [0.2, 0.25) is 0 Å². The minimum Gasteiger partial charge on any atom is -0.362 e. The molecule has 0 unspecified atom stereocenters. The molecule has 160 valence electrons. The summed E-state index contributed by atoms with van der Waals surface area (Å²) in [5, 5.41) is 10.2. The number of hydrogen-bond donors (Lipinski definition) is 2. The fourth-order valence-corrected chi connectivity index (χ4v) is 3.23. The van der Waals surface area contributed by atoms with Crippen LogP contribution >= 0.6 is 0 Å². The Balaban J connectivity index is 1.45. The molecule has 4 aromatic rings. The van der Waals surface area contributed by atoms with Gasteiger partial charge in [0.15, 0.2) is 0 Å². The van der Waals surface area contributed by atoms with Gasteiger partial charge in [0.25, 0.3) is 11.5 Å². The van der Waals surface area contributed by atoms with E-state index in [1.165, 1.54) is 17.0 Å². The maximum absolute atomic E-state index is 12.6. The van der Waals surface area contributed by atoms with E-state index in [1.807, 2.05) is 37.2 Å². The molecule has 0 fully saturated rings. The second-order valence-electron chi connectivity index (χ2n) is 7.24. The highest BCUT2D eigenvalue weighted by Gasteiger charge is 2.12. The van der Waals surface area contributed by atoms with E-state index in [0.29, 0.717) is 6.54 Å². The van der Waals surface area contributed by atoms with Gasteiger partial charge in [-0.1, -0.05) is 11.8 Å². The Morgan fingerprint density at radius 2 is 2.09 bits per heavy atom. The number of carbonyl (C=O) groups excluding carboxylic acids is 1. The van der Waals surface area contributed by atoms with Crippen LogP contribution in [0.5, 0.6) is 0 Å². The van der Waals surface area contributed by atoms with Gasteiger partial charge in [0.1, 0.15) is 17.7 Å². The van der Waals surface area contributed by atoms with Crippen LogP contribution in [0.3, 0.4) is 0 Å². The van der Waals surface area contributed by atoms with Gasteiger partial charge in [0, 0.05) is 37.4 Å². The lowest BCUT2D eigenvalue weighted by atomic mass is 10.1. The van der Waals surface area contributed by atoms with E-state index in [4.69, 9.17) is 0 Å². The van der Waals surface area contributed by atoms with E-state index >= 15 is 0 Å². The zero-order valence-corrected chi connectivity index (χ0v) is 17.7. The Kier molecular flexibility index (Phi) is 5.94. The molecule has 0 spiro atoms. The highest BCUT2D eigenvalue weighted by molar-refractivity contribution is 5.94. The first-order valence-corrected chi connectivity index (χ1v) is 9.90. The maximum atomic E-state index is 12.6. The summed E-state index contributed by atoms with van der Waals surface area (Å²) in [6, 6.07) is 10.6. The monoisotopic (exact) mass is 427 g/mol. The van der Waals surface area contributed by atoms with Crippen LogP contribution in [0.25, 0.3) is 10.9 Å². The van der Waals surface area contributed by atoms with Crippen LogP contribution in [-0.2, 0) is 6.54 Å². The molecule has 9 nitrogen and oxygen atoms in total. The standard InChI is InChI=1S/C23H21N7O2/c1-29(2)21-19-13-16(7-8-20(19)25-15-26-21)5-3-10-24-22(31)18-6-4-12-30(23(18)32)14-17-9-11-27-28-17/h4,6-9,11-13,15H,10,14H2,1-2H3,(H,24,31)(H,27,28). The van der Waals surface area contributed by atoms with Crippen LogP contribution in [-0.4, -0.2) is 51.3 Å². The molecule has 0 bridgehead atoms. The van der Waals surface area contributed by atoms with Crippen LogP contribution in [0.2, 0.25) is 0 Å². The van der Waals surface area contributed by atoms with Gasteiger partial charge in [-0.25, -0.2) is 9.97 Å². The molecule has 0 aliphatic heterocycles. The fourth-order valence-electron chi connectivity index (χ4n) is 3.23. The first kappa shape index (κ1) is 20.8. The van der Waals surface area contributed by atoms with Crippen molar-refractivity contribution < 1.29 is 4.79 Å². The summed E-state index contributed by atoms with van der Waals surface area (Å²) >= 11 is 0. The van der Waals surface area contributed by atoms with Crippen LogP contribution in [0.15, 0.2) is 59.9 Å². The van der Waals surface area contributed by atoms with E-state index < -0.39 is 5.91 Å². The van der Waals surface area contributed by atoms with Gasteiger partial charge in [-0.05, 0) is 36.4 Å². The zero-order chi connectivity index (χ0) is 22.5. The van der Waals surface area contributed by atoms with Crippen molar-refractivity contribution in [3.63, 3.8) is 0 Å². The van der Waals surface area contributed by atoms with Crippen LogP contribution in [0, 0.1) is 11.8 Å². The highest BCUT2D eigenvalue weighted by atomic mass is 16.2. The van der Waals surface area contributed by atoms with E-state index in [0.717, 1.165) is 28.0 Å². The molecule has 3 heterocycles. The van der Waals surface area contributed by atoms with Crippen LogP contribution in [0.1, 0.15) is 21.6 Å². The molecule has 1 aromatic carbocycles. The van der Waals surface area contributed by atoms with Crippen LogP contribution < -0.4 is 15.8 Å². The number of anilines is 1. The summed E-state index contributed by atoms with van der Waals surface area (Å²) in [6.45, 7) is 0.415. The molecule has 2 N–H and O–H groups in total.